The number of methoxy groups -OCH3 is 1. The Bertz CT molecular complexity index is 432. The third kappa shape index (κ3) is 2.75. The first-order valence-corrected chi connectivity index (χ1v) is 6.40. The Morgan fingerprint density at radius 3 is 2.72 bits per heavy atom. The second-order valence-electron chi connectivity index (χ2n) is 5.56. The average molecular weight is 251 g/mol. The quantitative estimate of drug-likeness (QED) is 0.817. The fourth-order valence-corrected chi connectivity index (χ4v) is 2.35. The number of hydrogen-bond acceptors (Lipinski definition) is 4. The van der Waals surface area contributed by atoms with Crippen molar-refractivity contribution in [3.05, 3.63) is 23.7 Å². The minimum atomic E-state index is -0.435. The van der Waals surface area contributed by atoms with Crippen molar-refractivity contribution < 1.29 is 13.9 Å². The SMILES string of the molecule is COC(=O)c1ccc(C(C)NC(C)(C)C2CC2)o1. The van der Waals surface area contributed by atoms with Gasteiger partial charge in [-0.15, -0.1) is 0 Å². The topological polar surface area (TPSA) is 51.5 Å². The van der Waals surface area contributed by atoms with Crippen molar-refractivity contribution in [1.29, 1.82) is 0 Å². The van der Waals surface area contributed by atoms with Gasteiger partial charge in [0.25, 0.3) is 0 Å². The van der Waals surface area contributed by atoms with Gasteiger partial charge in [0.1, 0.15) is 5.76 Å². The van der Waals surface area contributed by atoms with Crippen LogP contribution < -0.4 is 5.32 Å². The second-order valence-corrected chi connectivity index (χ2v) is 5.56. The van der Waals surface area contributed by atoms with E-state index in [1.54, 1.807) is 6.07 Å². The molecule has 0 aliphatic heterocycles. The predicted molar refractivity (Wildman–Crippen MR) is 68.4 cm³/mol. The first kappa shape index (κ1) is 13.1. The molecule has 1 aliphatic rings. The fourth-order valence-electron chi connectivity index (χ4n) is 2.35. The molecule has 1 saturated carbocycles. The second kappa shape index (κ2) is 4.76. The lowest BCUT2D eigenvalue weighted by molar-refractivity contribution is 0.0562. The number of ether oxygens (including phenoxy) is 1. The number of nitrogens with one attached hydrogen (secondary N) is 1. The van der Waals surface area contributed by atoms with Crippen molar-refractivity contribution in [3.8, 4) is 0 Å². The highest BCUT2D eigenvalue weighted by molar-refractivity contribution is 5.86. The maximum absolute atomic E-state index is 11.3. The maximum Gasteiger partial charge on any atom is 0.373 e. The molecule has 0 bridgehead atoms. The van der Waals surface area contributed by atoms with Crippen LogP contribution in [0, 0.1) is 5.92 Å². The van der Waals surface area contributed by atoms with E-state index in [-0.39, 0.29) is 17.3 Å². The summed E-state index contributed by atoms with van der Waals surface area (Å²) in [4.78, 5) is 11.3. The zero-order valence-corrected chi connectivity index (χ0v) is 11.4. The predicted octanol–water partition coefficient (Wildman–Crippen LogP) is 2.91. The van der Waals surface area contributed by atoms with Crippen molar-refractivity contribution in [2.75, 3.05) is 7.11 Å². The molecule has 18 heavy (non-hydrogen) atoms. The Labute approximate surface area is 108 Å². The van der Waals surface area contributed by atoms with E-state index in [1.165, 1.54) is 20.0 Å². The smallest absolute Gasteiger partial charge is 0.373 e. The van der Waals surface area contributed by atoms with Gasteiger partial charge in [-0.25, -0.2) is 4.79 Å². The van der Waals surface area contributed by atoms with Crippen molar-refractivity contribution in [1.82, 2.24) is 5.32 Å². The van der Waals surface area contributed by atoms with Crippen LogP contribution in [-0.2, 0) is 4.74 Å². The molecule has 2 rings (SSSR count). The molecule has 0 saturated heterocycles. The summed E-state index contributed by atoms with van der Waals surface area (Å²) in [5.41, 5.74) is 0.109. The zero-order valence-electron chi connectivity index (χ0n) is 11.4. The minimum Gasteiger partial charge on any atom is -0.463 e. The standard InChI is InChI=1S/C14H21NO3/c1-9(15-14(2,3)10-5-6-10)11-7-8-12(18-11)13(16)17-4/h7-10,15H,5-6H2,1-4H3. The molecule has 4 heteroatoms. The molecule has 0 radical (unpaired) electrons. The minimum absolute atomic E-state index is 0.0824. The van der Waals surface area contributed by atoms with E-state index in [4.69, 9.17) is 4.42 Å². The summed E-state index contributed by atoms with van der Waals surface area (Å²) in [6.07, 6.45) is 2.58. The van der Waals surface area contributed by atoms with Gasteiger partial charge in [0, 0.05) is 5.54 Å². The first-order chi connectivity index (χ1) is 8.44. The molecular weight excluding hydrogens is 230 g/mol. The van der Waals surface area contributed by atoms with E-state index in [2.05, 4.69) is 23.9 Å². The molecule has 1 aromatic rings. The van der Waals surface area contributed by atoms with Gasteiger partial charge in [-0.2, -0.15) is 0 Å². The van der Waals surface area contributed by atoms with Gasteiger partial charge in [-0.3, -0.25) is 0 Å². The van der Waals surface area contributed by atoms with Crippen LogP contribution in [0.25, 0.3) is 0 Å². The number of rotatable bonds is 5. The Hall–Kier alpha value is -1.29. The molecule has 1 unspecified atom stereocenters. The molecule has 100 valence electrons. The van der Waals surface area contributed by atoms with Crippen LogP contribution in [0.1, 0.15) is 56.0 Å². The van der Waals surface area contributed by atoms with Gasteiger partial charge in [0.2, 0.25) is 5.76 Å². The summed E-state index contributed by atoms with van der Waals surface area (Å²) in [6, 6.07) is 3.56. The highest BCUT2D eigenvalue weighted by Gasteiger charge is 2.38. The molecule has 0 spiro atoms. The van der Waals surface area contributed by atoms with Crippen LogP contribution >= 0.6 is 0 Å². The lowest BCUT2D eigenvalue weighted by atomic mass is 9.97. The van der Waals surface area contributed by atoms with Crippen LogP contribution in [0.15, 0.2) is 16.5 Å². The maximum atomic E-state index is 11.3. The number of carbonyl (C=O) groups excluding carboxylic acids is 1. The Kier molecular flexibility index (Phi) is 3.48. The van der Waals surface area contributed by atoms with Crippen molar-refractivity contribution in [2.24, 2.45) is 5.92 Å². The van der Waals surface area contributed by atoms with Crippen LogP contribution in [0.2, 0.25) is 0 Å². The van der Waals surface area contributed by atoms with Gasteiger partial charge in [0.15, 0.2) is 0 Å². The number of carbonyl (C=O) groups is 1. The highest BCUT2D eigenvalue weighted by atomic mass is 16.5. The van der Waals surface area contributed by atoms with E-state index in [0.29, 0.717) is 0 Å². The van der Waals surface area contributed by atoms with Gasteiger partial charge < -0.3 is 14.5 Å². The van der Waals surface area contributed by atoms with Crippen molar-refractivity contribution >= 4 is 5.97 Å². The number of esters is 1. The lowest BCUT2D eigenvalue weighted by Gasteiger charge is -2.29. The molecule has 4 nitrogen and oxygen atoms in total. The first-order valence-electron chi connectivity index (χ1n) is 6.40. The Morgan fingerprint density at radius 1 is 1.50 bits per heavy atom. The lowest BCUT2D eigenvalue weighted by Crippen LogP contribution is -2.42. The van der Waals surface area contributed by atoms with Crippen molar-refractivity contribution in [2.45, 2.75) is 45.2 Å². The summed E-state index contributed by atoms with van der Waals surface area (Å²) in [7, 11) is 1.35. The van der Waals surface area contributed by atoms with E-state index < -0.39 is 5.97 Å². The molecule has 1 heterocycles. The molecule has 0 aromatic carbocycles. The third-order valence-corrected chi connectivity index (χ3v) is 3.63. The van der Waals surface area contributed by atoms with Gasteiger partial charge in [-0.1, -0.05) is 0 Å². The zero-order chi connectivity index (χ0) is 13.3. The summed E-state index contributed by atoms with van der Waals surface area (Å²) < 4.78 is 10.1. The van der Waals surface area contributed by atoms with Crippen LogP contribution in [-0.4, -0.2) is 18.6 Å². The largest absolute Gasteiger partial charge is 0.463 e. The summed E-state index contributed by atoms with van der Waals surface area (Å²) >= 11 is 0. The van der Waals surface area contributed by atoms with E-state index >= 15 is 0 Å². The summed E-state index contributed by atoms with van der Waals surface area (Å²) in [5, 5.41) is 3.56. The van der Waals surface area contributed by atoms with Gasteiger partial charge in [0.05, 0.1) is 13.2 Å². The van der Waals surface area contributed by atoms with Gasteiger partial charge >= 0.3 is 5.97 Å². The number of furan rings is 1. The van der Waals surface area contributed by atoms with E-state index in [1.807, 2.05) is 13.0 Å². The monoisotopic (exact) mass is 251 g/mol. The normalized spacial score (nSPS) is 17.6. The fraction of sp³-hybridized carbons (Fsp3) is 0.643. The highest BCUT2D eigenvalue weighted by Crippen LogP contribution is 2.40. The van der Waals surface area contributed by atoms with E-state index in [0.717, 1.165) is 11.7 Å². The Morgan fingerprint density at radius 2 is 2.17 bits per heavy atom. The Balaban J connectivity index is 2.02. The summed E-state index contributed by atoms with van der Waals surface area (Å²) in [6.45, 7) is 6.47. The molecule has 1 N–H and O–H groups in total. The molecule has 1 fully saturated rings. The van der Waals surface area contributed by atoms with Crippen molar-refractivity contribution in [3.63, 3.8) is 0 Å². The molecule has 1 aromatic heterocycles. The number of hydrogen-bond donors (Lipinski definition) is 1. The van der Waals surface area contributed by atoms with Crippen LogP contribution in [0.3, 0.4) is 0 Å². The third-order valence-electron chi connectivity index (χ3n) is 3.63. The van der Waals surface area contributed by atoms with Gasteiger partial charge in [-0.05, 0) is 51.7 Å². The average Bonchev–Trinajstić information content (AvgIpc) is 3.06. The van der Waals surface area contributed by atoms with E-state index in [9.17, 15) is 4.79 Å². The van der Waals surface area contributed by atoms with Crippen LogP contribution in [0.4, 0.5) is 0 Å². The van der Waals surface area contributed by atoms with Crippen LogP contribution in [0.5, 0.6) is 0 Å². The molecule has 1 atom stereocenters. The molecule has 1 aliphatic carbocycles. The molecular formula is C14H21NO3. The summed E-state index contributed by atoms with van der Waals surface area (Å²) in [5.74, 6) is 1.33. The molecule has 0 amide bonds.